The molecule has 0 aliphatic carbocycles. The fraction of sp³-hybridized carbons (Fsp3) is 0.375. The topological polar surface area (TPSA) is 81.6 Å². The molecule has 0 bridgehead atoms. The lowest BCUT2D eigenvalue weighted by Gasteiger charge is -2.25. The normalized spacial score (nSPS) is 14.0. The maximum absolute atomic E-state index is 12.5. The van der Waals surface area contributed by atoms with E-state index in [2.05, 4.69) is 5.16 Å². The molecule has 22 heavy (non-hydrogen) atoms. The van der Waals surface area contributed by atoms with Gasteiger partial charge in [0, 0.05) is 12.1 Å². The number of ether oxygens (including phenoxy) is 1. The molecule has 2 N–H and O–H groups in total. The van der Waals surface area contributed by atoms with E-state index in [1.54, 1.807) is 11.1 Å². The molecule has 6 heteroatoms. The molecule has 1 amide bonds. The first-order chi connectivity index (χ1) is 10.4. The van der Waals surface area contributed by atoms with Gasteiger partial charge in [0.1, 0.15) is 5.60 Å². The third-order valence-electron chi connectivity index (χ3n) is 3.50. The molecule has 1 aliphatic heterocycles. The van der Waals surface area contributed by atoms with Crippen LogP contribution in [0.15, 0.2) is 28.9 Å². The number of amides is 1. The Morgan fingerprint density at radius 1 is 1.36 bits per heavy atom. The first-order valence-corrected chi connectivity index (χ1v) is 7.20. The zero-order chi connectivity index (χ0) is 15.9. The molecular formula is C16H19N3O3. The lowest BCUT2D eigenvalue weighted by Crippen LogP contribution is -2.35. The summed E-state index contributed by atoms with van der Waals surface area (Å²) in [6.07, 6.45) is 2.00. The number of rotatable bonds is 1. The van der Waals surface area contributed by atoms with Gasteiger partial charge in [0.15, 0.2) is 0 Å². The number of nitrogen functional groups attached to an aromatic ring is 1. The number of hydrogen-bond acceptors (Lipinski definition) is 5. The van der Waals surface area contributed by atoms with Crippen molar-refractivity contribution in [3.63, 3.8) is 0 Å². The minimum atomic E-state index is -0.537. The summed E-state index contributed by atoms with van der Waals surface area (Å²) in [4.78, 5) is 14.1. The van der Waals surface area contributed by atoms with Gasteiger partial charge in [0.05, 0.1) is 17.4 Å². The molecule has 1 aliphatic rings. The Balaban J connectivity index is 2.03. The summed E-state index contributed by atoms with van der Waals surface area (Å²) in [5.74, 6) is 0.240. The highest BCUT2D eigenvalue weighted by Gasteiger charge is 2.31. The van der Waals surface area contributed by atoms with Crippen LogP contribution in [0.3, 0.4) is 0 Å². The molecule has 1 aromatic carbocycles. The highest BCUT2D eigenvalue weighted by atomic mass is 16.6. The van der Waals surface area contributed by atoms with Crippen LogP contribution in [-0.2, 0) is 11.2 Å². The molecule has 0 atom stereocenters. The Morgan fingerprint density at radius 3 is 2.77 bits per heavy atom. The Labute approximate surface area is 128 Å². The van der Waals surface area contributed by atoms with Gasteiger partial charge in [-0.25, -0.2) is 4.79 Å². The Hall–Kier alpha value is -2.50. The quantitative estimate of drug-likeness (QED) is 0.874. The molecule has 6 nitrogen and oxygen atoms in total. The van der Waals surface area contributed by atoms with Crippen molar-refractivity contribution in [1.29, 1.82) is 0 Å². The summed E-state index contributed by atoms with van der Waals surface area (Å²) >= 11 is 0. The minimum Gasteiger partial charge on any atom is -0.443 e. The van der Waals surface area contributed by atoms with Crippen LogP contribution in [0.25, 0.3) is 11.1 Å². The van der Waals surface area contributed by atoms with Gasteiger partial charge in [-0.3, -0.25) is 4.90 Å². The van der Waals surface area contributed by atoms with Crippen molar-refractivity contribution in [3.05, 3.63) is 30.0 Å². The number of carbonyl (C=O) groups is 1. The molecule has 0 radical (unpaired) electrons. The standard InChI is InChI=1S/C16H19N3O3/c1-16(2,3)21-15(20)19-8-7-10-5-4-6-11(13(10)19)12-9-18-22-14(12)17/h4-6,9H,7-8,17H2,1-3H3. The molecular weight excluding hydrogens is 282 g/mol. The molecule has 0 spiro atoms. The number of aromatic nitrogens is 1. The predicted molar refractivity (Wildman–Crippen MR) is 83.6 cm³/mol. The lowest BCUT2D eigenvalue weighted by molar-refractivity contribution is 0.0584. The van der Waals surface area contributed by atoms with Crippen LogP contribution < -0.4 is 10.6 Å². The minimum absolute atomic E-state index is 0.240. The molecule has 2 heterocycles. The van der Waals surface area contributed by atoms with Gasteiger partial charge < -0.3 is 15.0 Å². The number of anilines is 2. The van der Waals surface area contributed by atoms with Gasteiger partial charge in [-0.15, -0.1) is 0 Å². The number of benzene rings is 1. The molecule has 0 unspecified atom stereocenters. The van der Waals surface area contributed by atoms with E-state index in [4.69, 9.17) is 15.0 Å². The summed E-state index contributed by atoms with van der Waals surface area (Å²) in [6.45, 7) is 6.15. The second kappa shape index (κ2) is 5.05. The smallest absolute Gasteiger partial charge is 0.414 e. The summed E-state index contributed by atoms with van der Waals surface area (Å²) in [5.41, 5.74) is 8.72. The van der Waals surface area contributed by atoms with E-state index >= 15 is 0 Å². The van der Waals surface area contributed by atoms with Crippen molar-refractivity contribution in [2.75, 3.05) is 17.2 Å². The van der Waals surface area contributed by atoms with Gasteiger partial charge in [0.25, 0.3) is 0 Å². The van der Waals surface area contributed by atoms with E-state index in [-0.39, 0.29) is 12.0 Å². The highest BCUT2D eigenvalue weighted by molar-refractivity contribution is 5.98. The van der Waals surface area contributed by atoms with Crippen LogP contribution in [0.2, 0.25) is 0 Å². The van der Waals surface area contributed by atoms with Crippen molar-refractivity contribution in [2.24, 2.45) is 0 Å². The van der Waals surface area contributed by atoms with Gasteiger partial charge in [-0.2, -0.15) is 0 Å². The van der Waals surface area contributed by atoms with Crippen LogP contribution in [0.1, 0.15) is 26.3 Å². The van der Waals surface area contributed by atoms with Gasteiger partial charge in [-0.1, -0.05) is 23.4 Å². The monoisotopic (exact) mass is 301 g/mol. The predicted octanol–water partition coefficient (Wildman–Crippen LogP) is 3.22. The third-order valence-corrected chi connectivity index (χ3v) is 3.50. The van der Waals surface area contributed by atoms with E-state index in [0.29, 0.717) is 12.1 Å². The Kier molecular flexibility index (Phi) is 3.31. The third kappa shape index (κ3) is 2.52. The number of carbonyl (C=O) groups excluding carboxylic acids is 1. The maximum Gasteiger partial charge on any atom is 0.414 e. The first kappa shape index (κ1) is 14.4. The van der Waals surface area contributed by atoms with Gasteiger partial charge >= 0.3 is 6.09 Å². The van der Waals surface area contributed by atoms with E-state index in [0.717, 1.165) is 23.2 Å². The average molecular weight is 301 g/mol. The molecule has 2 aromatic rings. The number of hydrogen-bond donors (Lipinski definition) is 1. The second-order valence-electron chi connectivity index (χ2n) is 6.30. The molecule has 0 saturated heterocycles. The Bertz CT molecular complexity index is 716. The SMILES string of the molecule is CC(C)(C)OC(=O)N1CCc2cccc(-c3cnoc3N)c21. The van der Waals surface area contributed by atoms with Crippen LogP contribution in [0.4, 0.5) is 16.4 Å². The lowest BCUT2D eigenvalue weighted by atomic mass is 10.0. The second-order valence-corrected chi connectivity index (χ2v) is 6.30. The molecule has 0 saturated carbocycles. The maximum atomic E-state index is 12.5. The molecule has 1 aromatic heterocycles. The first-order valence-electron chi connectivity index (χ1n) is 7.20. The number of para-hydroxylation sites is 1. The van der Waals surface area contributed by atoms with E-state index < -0.39 is 5.60 Å². The number of nitrogens with zero attached hydrogens (tertiary/aromatic N) is 2. The van der Waals surface area contributed by atoms with Crippen LogP contribution >= 0.6 is 0 Å². The van der Waals surface area contributed by atoms with Crippen LogP contribution in [0, 0.1) is 0 Å². The zero-order valence-electron chi connectivity index (χ0n) is 12.9. The van der Waals surface area contributed by atoms with Gasteiger partial charge in [0.2, 0.25) is 5.88 Å². The Morgan fingerprint density at radius 2 is 2.14 bits per heavy atom. The zero-order valence-corrected chi connectivity index (χ0v) is 12.9. The van der Waals surface area contributed by atoms with Crippen LogP contribution in [-0.4, -0.2) is 23.4 Å². The largest absolute Gasteiger partial charge is 0.443 e. The van der Waals surface area contributed by atoms with Crippen molar-refractivity contribution >= 4 is 17.7 Å². The molecule has 116 valence electrons. The number of fused-ring (bicyclic) bond motifs is 1. The summed E-state index contributed by atoms with van der Waals surface area (Å²) < 4.78 is 10.4. The van der Waals surface area contributed by atoms with E-state index in [1.165, 1.54) is 0 Å². The fourth-order valence-electron chi connectivity index (χ4n) is 2.62. The molecule has 3 rings (SSSR count). The summed E-state index contributed by atoms with van der Waals surface area (Å²) in [7, 11) is 0. The van der Waals surface area contributed by atoms with E-state index in [9.17, 15) is 4.79 Å². The summed E-state index contributed by atoms with van der Waals surface area (Å²) in [6, 6.07) is 5.86. The fourth-order valence-corrected chi connectivity index (χ4v) is 2.62. The van der Waals surface area contributed by atoms with Crippen LogP contribution in [0.5, 0.6) is 0 Å². The number of nitrogens with two attached hydrogens (primary N) is 1. The highest BCUT2D eigenvalue weighted by Crippen LogP contribution is 2.40. The summed E-state index contributed by atoms with van der Waals surface area (Å²) in [5, 5.41) is 3.72. The van der Waals surface area contributed by atoms with Crippen molar-refractivity contribution in [1.82, 2.24) is 5.16 Å². The van der Waals surface area contributed by atoms with Crippen molar-refractivity contribution in [3.8, 4) is 11.1 Å². The van der Waals surface area contributed by atoms with Crippen molar-refractivity contribution in [2.45, 2.75) is 32.8 Å². The van der Waals surface area contributed by atoms with Gasteiger partial charge in [-0.05, 0) is 32.8 Å². The average Bonchev–Trinajstić information content (AvgIpc) is 3.02. The van der Waals surface area contributed by atoms with Crippen molar-refractivity contribution < 1.29 is 14.1 Å². The molecule has 0 fully saturated rings. The van der Waals surface area contributed by atoms with E-state index in [1.807, 2.05) is 39.0 Å².